The van der Waals surface area contributed by atoms with E-state index in [1.165, 1.54) is 23.5 Å². The van der Waals surface area contributed by atoms with E-state index in [9.17, 15) is 17.6 Å². The van der Waals surface area contributed by atoms with Crippen molar-refractivity contribution >= 4 is 27.1 Å². The Balaban J connectivity index is 1.79. The number of sulfone groups is 1. The van der Waals surface area contributed by atoms with Gasteiger partial charge in [0.15, 0.2) is 9.84 Å². The Morgan fingerprint density at radius 3 is 2.46 bits per heavy atom. The topological polar surface area (TPSA) is 63.2 Å². The fourth-order valence-corrected chi connectivity index (χ4v) is 6.11. The van der Waals surface area contributed by atoms with Crippen molar-refractivity contribution in [1.29, 1.82) is 0 Å². The molecule has 1 aliphatic rings. The number of rotatable bonds is 6. The van der Waals surface area contributed by atoms with Crippen LogP contribution in [0.4, 0.5) is 4.39 Å². The van der Waals surface area contributed by atoms with Gasteiger partial charge >= 0.3 is 0 Å². The highest BCUT2D eigenvalue weighted by molar-refractivity contribution is 7.91. The summed E-state index contributed by atoms with van der Waals surface area (Å²) < 4.78 is 39.3. The molecule has 1 heterocycles. The van der Waals surface area contributed by atoms with E-state index >= 15 is 0 Å². The van der Waals surface area contributed by atoms with E-state index in [2.05, 4.69) is 5.32 Å². The van der Waals surface area contributed by atoms with Crippen molar-refractivity contribution in [2.45, 2.75) is 42.2 Å². The van der Waals surface area contributed by atoms with Gasteiger partial charge < -0.3 is 5.32 Å². The smallest absolute Gasteiger partial charge is 0.223 e. The maximum absolute atomic E-state index is 13.2. The summed E-state index contributed by atoms with van der Waals surface area (Å²) in [6.45, 7) is 0.0234. The van der Waals surface area contributed by atoms with Gasteiger partial charge in [0.25, 0.3) is 0 Å². The highest BCUT2D eigenvalue weighted by atomic mass is 32.2. The van der Waals surface area contributed by atoms with Gasteiger partial charge in [0.05, 0.1) is 4.90 Å². The molecule has 1 N–H and O–H groups in total. The van der Waals surface area contributed by atoms with E-state index in [-0.39, 0.29) is 23.3 Å². The number of benzene rings is 1. The largest absolute Gasteiger partial charge is 0.354 e. The third-order valence-electron chi connectivity index (χ3n) is 4.81. The van der Waals surface area contributed by atoms with Gasteiger partial charge in [-0.25, -0.2) is 12.8 Å². The number of carbonyl (C=O) groups excluding carboxylic acids is 1. The van der Waals surface area contributed by atoms with Gasteiger partial charge in [0.1, 0.15) is 11.1 Å². The molecule has 0 aliphatic heterocycles. The van der Waals surface area contributed by atoms with Crippen LogP contribution in [0.3, 0.4) is 0 Å². The maximum atomic E-state index is 13.2. The van der Waals surface area contributed by atoms with Crippen molar-refractivity contribution in [3.8, 4) is 0 Å². The molecular formula is C19H22FNO3S2. The lowest BCUT2D eigenvalue weighted by Gasteiger charge is -2.23. The van der Waals surface area contributed by atoms with Crippen LogP contribution in [0.2, 0.25) is 0 Å². The molecular weight excluding hydrogens is 373 g/mol. The van der Waals surface area contributed by atoms with E-state index in [0.717, 1.165) is 44.2 Å². The van der Waals surface area contributed by atoms with E-state index in [4.69, 9.17) is 0 Å². The van der Waals surface area contributed by atoms with Gasteiger partial charge in [-0.05, 0) is 48.6 Å². The Bertz CT molecular complexity index is 826. The summed E-state index contributed by atoms with van der Waals surface area (Å²) >= 11 is 1.34. The third kappa shape index (κ3) is 4.32. The minimum absolute atomic E-state index is 0.0234. The molecule has 0 saturated heterocycles. The van der Waals surface area contributed by atoms with Crippen LogP contribution in [0.15, 0.2) is 46.7 Å². The minimum atomic E-state index is -3.74. The number of thiophene rings is 1. The first-order valence-electron chi connectivity index (χ1n) is 8.79. The van der Waals surface area contributed by atoms with Gasteiger partial charge in [0.2, 0.25) is 5.91 Å². The quantitative estimate of drug-likeness (QED) is 0.749. The second-order valence-corrected chi connectivity index (χ2v) is 9.69. The molecule has 1 saturated carbocycles. The van der Waals surface area contributed by atoms with Gasteiger partial charge in [-0.3, -0.25) is 4.79 Å². The predicted octanol–water partition coefficient (Wildman–Crippen LogP) is 4.10. The average molecular weight is 396 g/mol. The van der Waals surface area contributed by atoms with Crippen LogP contribution in [0, 0.1) is 11.7 Å². The molecule has 3 rings (SSSR count). The number of nitrogens with one attached hydrogen (secondary N) is 1. The fraction of sp³-hybridized carbons (Fsp3) is 0.421. The third-order valence-corrected chi connectivity index (χ3v) is 8.05. The molecule has 1 aromatic carbocycles. The molecule has 1 aliphatic carbocycles. The van der Waals surface area contributed by atoms with Crippen LogP contribution in [0.5, 0.6) is 0 Å². The van der Waals surface area contributed by atoms with Crippen molar-refractivity contribution in [2.24, 2.45) is 5.92 Å². The second-order valence-electron chi connectivity index (χ2n) is 6.58. The zero-order chi connectivity index (χ0) is 18.6. The van der Waals surface area contributed by atoms with E-state index in [0.29, 0.717) is 4.88 Å². The Labute approximate surface area is 157 Å². The lowest BCUT2D eigenvalue weighted by atomic mass is 9.89. The molecule has 26 heavy (non-hydrogen) atoms. The summed E-state index contributed by atoms with van der Waals surface area (Å²) in [7, 11) is -3.74. The van der Waals surface area contributed by atoms with Crippen LogP contribution in [0.1, 0.15) is 42.2 Å². The molecule has 1 amide bonds. The molecule has 140 valence electrons. The monoisotopic (exact) mass is 395 g/mol. The van der Waals surface area contributed by atoms with Crippen LogP contribution in [-0.4, -0.2) is 20.9 Å². The molecule has 0 bridgehead atoms. The summed E-state index contributed by atoms with van der Waals surface area (Å²) in [6, 6.07) is 8.36. The maximum Gasteiger partial charge on any atom is 0.223 e. The van der Waals surface area contributed by atoms with Gasteiger partial charge in [-0.15, -0.1) is 11.3 Å². The van der Waals surface area contributed by atoms with Gasteiger partial charge in [0, 0.05) is 17.3 Å². The molecule has 0 spiro atoms. The highest BCUT2D eigenvalue weighted by Crippen LogP contribution is 2.32. The molecule has 4 nitrogen and oxygen atoms in total. The molecule has 7 heteroatoms. The summed E-state index contributed by atoms with van der Waals surface area (Å²) in [5.74, 6) is -0.580. The number of halogens is 1. The van der Waals surface area contributed by atoms with E-state index < -0.39 is 20.9 Å². The zero-order valence-corrected chi connectivity index (χ0v) is 16.0. The molecule has 0 unspecified atom stereocenters. The van der Waals surface area contributed by atoms with E-state index in [1.54, 1.807) is 12.1 Å². The Morgan fingerprint density at radius 2 is 1.85 bits per heavy atom. The van der Waals surface area contributed by atoms with Crippen LogP contribution in [0.25, 0.3) is 0 Å². The minimum Gasteiger partial charge on any atom is -0.354 e. The Hall–Kier alpha value is -1.73. The van der Waals surface area contributed by atoms with Crippen LogP contribution < -0.4 is 5.32 Å². The number of amides is 1. The first-order chi connectivity index (χ1) is 12.5. The van der Waals surface area contributed by atoms with Crippen LogP contribution >= 0.6 is 11.3 Å². The molecule has 1 atom stereocenters. The molecule has 0 radical (unpaired) electrons. The highest BCUT2D eigenvalue weighted by Gasteiger charge is 2.31. The lowest BCUT2D eigenvalue weighted by molar-refractivity contribution is -0.125. The van der Waals surface area contributed by atoms with Crippen molar-refractivity contribution in [3.05, 3.63) is 52.5 Å². The van der Waals surface area contributed by atoms with Gasteiger partial charge in [-0.1, -0.05) is 25.3 Å². The number of carbonyl (C=O) groups is 1. The first kappa shape index (κ1) is 19.0. The summed E-state index contributed by atoms with van der Waals surface area (Å²) in [6.07, 6.45) is 4.96. The second kappa shape index (κ2) is 8.31. The van der Waals surface area contributed by atoms with Crippen molar-refractivity contribution in [3.63, 3.8) is 0 Å². The SMILES string of the molecule is O=C(NC[C@H](c1cccs1)S(=O)(=O)c1ccc(F)cc1)C1CCCCC1. The lowest BCUT2D eigenvalue weighted by Crippen LogP contribution is -2.36. The standard InChI is InChI=1S/C19H22FNO3S2/c20-15-8-10-16(11-9-15)26(23,24)18(17-7-4-12-25-17)13-21-19(22)14-5-2-1-3-6-14/h4,7-12,14,18H,1-3,5-6,13H2,(H,21,22)/t18-/m1/s1. The zero-order valence-electron chi connectivity index (χ0n) is 14.4. The van der Waals surface area contributed by atoms with Crippen molar-refractivity contribution in [1.82, 2.24) is 5.32 Å². The molecule has 2 aromatic rings. The normalized spacial score (nSPS) is 17.0. The number of hydrogen-bond donors (Lipinski definition) is 1. The summed E-state index contributed by atoms with van der Waals surface area (Å²) in [4.78, 5) is 13.2. The van der Waals surface area contributed by atoms with Crippen LogP contribution in [-0.2, 0) is 14.6 Å². The Kier molecular flexibility index (Phi) is 6.09. The number of hydrogen-bond acceptors (Lipinski definition) is 4. The van der Waals surface area contributed by atoms with Crippen molar-refractivity contribution in [2.75, 3.05) is 6.54 Å². The molecule has 1 fully saturated rings. The fourth-order valence-electron chi connectivity index (χ4n) is 3.33. The summed E-state index contributed by atoms with van der Waals surface area (Å²) in [5, 5.41) is 3.78. The van der Waals surface area contributed by atoms with Gasteiger partial charge in [-0.2, -0.15) is 0 Å². The summed E-state index contributed by atoms with van der Waals surface area (Å²) in [5.41, 5.74) is 0. The Morgan fingerprint density at radius 1 is 1.15 bits per heavy atom. The first-order valence-corrected chi connectivity index (χ1v) is 11.2. The average Bonchev–Trinajstić information content (AvgIpc) is 3.17. The van der Waals surface area contributed by atoms with E-state index in [1.807, 2.05) is 5.38 Å². The van der Waals surface area contributed by atoms with Crippen molar-refractivity contribution < 1.29 is 17.6 Å². The molecule has 1 aromatic heterocycles. The predicted molar refractivity (Wildman–Crippen MR) is 100 cm³/mol.